The van der Waals surface area contributed by atoms with E-state index in [1.54, 1.807) is 0 Å². The third kappa shape index (κ3) is 3.09. The molecular formula is C15H19N5OS. The molecule has 0 aliphatic heterocycles. The summed E-state index contributed by atoms with van der Waals surface area (Å²) in [6.07, 6.45) is 4.58. The number of thioether (sulfide) groups is 1. The van der Waals surface area contributed by atoms with Crippen LogP contribution in [0.15, 0.2) is 35.7 Å². The van der Waals surface area contributed by atoms with Crippen LogP contribution in [0.3, 0.4) is 0 Å². The Hall–Kier alpha value is -2.02. The van der Waals surface area contributed by atoms with Gasteiger partial charge in [-0.05, 0) is 37.3 Å². The summed E-state index contributed by atoms with van der Waals surface area (Å²) in [5, 5.41) is 11.0. The third-order valence-electron chi connectivity index (χ3n) is 3.88. The maximum absolute atomic E-state index is 12.4. The molecule has 116 valence electrons. The van der Waals surface area contributed by atoms with Gasteiger partial charge in [-0.2, -0.15) is 0 Å². The van der Waals surface area contributed by atoms with Gasteiger partial charge in [0.1, 0.15) is 6.33 Å². The van der Waals surface area contributed by atoms with E-state index in [9.17, 15) is 4.79 Å². The van der Waals surface area contributed by atoms with Gasteiger partial charge in [0.15, 0.2) is 0 Å². The fraction of sp³-hybridized carbons (Fsp3) is 0.400. The minimum atomic E-state index is -0.277. The summed E-state index contributed by atoms with van der Waals surface area (Å²) in [6.45, 7) is 1.85. The van der Waals surface area contributed by atoms with Gasteiger partial charge in [0.25, 0.3) is 0 Å². The number of hydrogen-bond donors (Lipinski definition) is 2. The Balaban J connectivity index is 1.66. The van der Waals surface area contributed by atoms with Crippen LogP contribution in [0.2, 0.25) is 0 Å². The Morgan fingerprint density at radius 3 is 3.09 bits per heavy atom. The zero-order chi connectivity index (χ0) is 15.5. The minimum Gasteiger partial charge on any atom is -0.348 e. The highest BCUT2D eigenvalue weighted by Gasteiger charge is 2.24. The molecule has 1 amide bonds. The lowest BCUT2D eigenvalue weighted by Gasteiger charge is -2.27. The summed E-state index contributed by atoms with van der Waals surface area (Å²) < 4.78 is 1.32. The van der Waals surface area contributed by atoms with E-state index in [-0.39, 0.29) is 17.2 Å². The van der Waals surface area contributed by atoms with Gasteiger partial charge in [0.2, 0.25) is 11.1 Å². The number of aryl methyl sites for hydroxylation is 1. The van der Waals surface area contributed by atoms with Crippen molar-refractivity contribution in [3.05, 3.63) is 41.7 Å². The van der Waals surface area contributed by atoms with Crippen LogP contribution in [0.1, 0.15) is 36.9 Å². The van der Waals surface area contributed by atoms with Crippen molar-refractivity contribution in [3.8, 4) is 0 Å². The van der Waals surface area contributed by atoms with Crippen LogP contribution in [0.5, 0.6) is 0 Å². The second kappa shape index (κ2) is 6.39. The molecule has 7 heteroatoms. The number of nitrogen functional groups attached to an aromatic ring is 1. The van der Waals surface area contributed by atoms with Crippen LogP contribution >= 0.6 is 11.8 Å². The monoisotopic (exact) mass is 317 g/mol. The van der Waals surface area contributed by atoms with Gasteiger partial charge in [-0.1, -0.05) is 36.0 Å². The second-order valence-electron chi connectivity index (χ2n) is 5.43. The number of nitrogens with two attached hydrogens (primary N) is 1. The molecular weight excluding hydrogens is 298 g/mol. The molecule has 2 atom stereocenters. The number of carbonyl (C=O) groups is 1. The number of fused-ring (bicyclic) bond motifs is 1. The van der Waals surface area contributed by atoms with E-state index in [2.05, 4.69) is 33.7 Å². The van der Waals surface area contributed by atoms with Crippen LogP contribution in [-0.4, -0.2) is 26.0 Å². The molecule has 3 N–H and O–H groups in total. The number of carbonyl (C=O) groups excluding carboxylic acids is 1. The number of benzene rings is 1. The molecule has 1 aromatic carbocycles. The lowest BCUT2D eigenvalue weighted by atomic mass is 9.88. The predicted molar refractivity (Wildman–Crippen MR) is 85.8 cm³/mol. The zero-order valence-electron chi connectivity index (χ0n) is 12.4. The smallest absolute Gasteiger partial charge is 0.233 e. The molecule has 0 radical (unpaired) electrons. The van der Waals surface area contributed by atoms with Gasteiger partial charge in [0, 0.05) is 0 Å². The molecule has 0 saturated carbocycles. The summed E-state index contributed by atoms with van der Waals surface area (Å²) in [7, 11) is 0. The fourth-order valence-corrected chi connectivity index (χ4v) is 3.48. The summed E-state index contributed by atoms with van der Waals surface area (Å²) in [4.78, 5) is 12.4. The van der Waals surface area contributed by atoms with Crippen molar-refractivity contribution in [2.24, 2.45) is 0 Å². The largest absolute Gasteiger partial charge is 0.348 e. The number of hydrogen-bond acceptors (Lipinski definition) is 5. The van der Waals surface area contributed by atoms with Crippen molar-refractivity contribution in [3.63, 3.8) is 0 Å². The first-order valence-corrected chi connectivity index (χ1v) is 8.23. The molecule has 0 bridgehead atoms. The third-order valence-corrected chi connectivity index (χ3v) is 4.95. The average molecular weight is 317 g/mol. The topological polar surface area (TPSA) is 85.8 Å². The Labute approximate surface area is 133 Å². The van der Waals surface area contributed by atoms with Crippen molar-refractivity contribution in [1.82, 2.24) is 20.2 Å². The second-order valence-corrected chi connectivity index (χ2v) is 6.74. The van der Waals surface area contributed by atoms with Crippen molar-refractivity contribution in [2.75, 3.05) is 5.84 Å². The van der Waals surface area contributed by atoms with Crippen LogP contribution < -0.4 is 11.2 Å². The van der Waals surface area contributed by atoms with Gasteiger partial charge in [-0.25, -0.2) is 4.68 Å². The number of nitrogens with one attached hydrogen (secondary N) is 1. The number of nitrogens with zero attached hydrogens (tertiary/aromatic N) is 3. The van der Waals surface area contributed by atoms with E-state index in [4.69, 9.17) is 5.84 Å². The normalized spacial score (nSPS) is 18.5. The van der Waals surface area contributed by atoms with Gasteiger partial charge in [0.05, 0.1) is 11.3 Å². The highest BCUT2D eigenvalue weighted by atomic mass is 32.2. The number of rotatable bonds is 4. The molecule has 3 rings (SSSR count). The van der Waals surface area contributed by atoms with Gasteiger partial charge >= 0.3 is 0 Å². The lowest BCUT2D eigenvalue weighted by molar-refractivity contribution is -0.121. The molecule has 1 aliphatic carbocycles. The Morgan fingerprint density at radius 1 is 1.50 bits per heavy atom. The molecule has 6 nitrogen and oxygen atoms in total. The summed E-state index contributed by atoms with van der Waals surface area (Å²) in [5.74, 6) is 5.67. The van der Waals surface area contributed by atoms with Crippen molar-refractivity contribution >= 4 is 17.7 Å². The number of aromatic nitrogens is 3. The standard InChI is InChI=1S/C15H19N5OS/c1-10(22-15-19-17-9-20(15)16)14(21)18-13-8-4-6-11-5-2-3-7-12(11)13/h2-3,5,7,9-10,13H,4,6,8,16H2,1H3,(H,18,21)/t10-,13-/m0/s1. The zero-order valence-corrected chi connectivity index (χ0v) is 13.2. The van der Waals surface area contributed by atoms with Crippen LogP contribution in [0, 0.1) is 0 Å². The summed E-state index contributed by atoms with van der Waals surface area (Å²) >= 11 is 1.31. The molecule has 22 heavy (non-hydrogen) atoms. The molecule has 2 aromatic rings. The van der Waals surface area contributed by atoms with E-state index in [1.165, 1.54) is 33.9 Å². The summed E-state index contributed by atoms with van der Waals surface area (Å²) in [5.41, 5.74) is 2.57. The molecule has 1 aromatic heterocycles. The first-order valence-electron chi connectivity index (χ1n) is 7.35. The SMILES string of the molecule is C[C@H](Sc1nncn1N)C(=O)N[C@H]1CCCc2ccccc21. The van der Waals surface area contributed by atoms with Gasteiger partial charge < -0.3 is 11.2 Å². The summed E-state index contributed by atoms with van der Waals surface area (Å²) in [6, 6.07) is 8.42. The Bertz CT molecular complexity index is 671. The quantitative estimate of drug-likeness (QED) is 0.662. The Morgan fingerprint density at radius 2 is 2.32 bits per heavy atom. The van der Waals surface area contributed by atoms with E-state index in [0.29, 0.717) is 5.16 Å². The number of amides is 1. The van der Waals surface area contributed by atoms with Crippen LogP contribution in [0.4, 0.5) is 0 Å². The highest BCUT2D eigenvalue weighted by Crippen LogP contribution is 2.30. The van der Waals surface area contributed by atoms with Gasteiger partial charge in [-0.15, -0.1) is 10.2 Å². The molecule has 1 heterocycles. The van der Waals surface area contributed by atoms with Crippen LogP contribution in [0.25, 0.3) is 0 Å². The van der Waals surface area contributed by atoms with E-state index >= 15 is 0 Å². The Kier molecular flexibility index (Phi) is 4.33. The van der Waals surface area contributed by atoms with E-state index in [1.807, 2.05) is 13.0 Å². The van der Waals surface area contributed by atoms with E-state index in [0.717, 1.165) is 19.3 Å². The van der Waals surface area contributed by atoms with Crippen molar-refractivity contribution in [2.45, 2.75) is 42.6 Å². The fourth-order valence-electron chi connectivity index (χ4n) is 2.72. The first-order chi connectivity index (χ1) is 10.6. The minimum absolute atomic E-state index is 0.00490. The lowest BCUT2D eigenvalue weighted by Crippen LogP contribution is -2.36. The molecule has 0 fully saturated rings. The first kappa shape index (κ1) is 14.9. The molecule has 0 saturated heterocycles. The molecule has 1 aliphatic rings. The van der Waals surface area contributed by atoms with Gasteiger partial charge in [-0.3, -0.25) is 4.79 Å². The molecule has 0 unspecified atom stereocenters. The van der Waals surface area contributed by atoms with E-state index < -0.39 is 0 Å². The molecule has 0 spiro atoms. The van der Waals surface area contributed by atoms with Crippen molar-refractivity contribution < 1.29 is 4.79 Å². The maximum Gasteiger partial charge on any atom is 0.233 e. The maximum atomic E-state index is 12.4. The predicted octanol–water partition coefficient (Wildman–Crippen LogP) is 1.67. The highest BCUT2D eigenvalue weighted by molar-refractivity contribution is 8.00. The van der Waals surface area contributed by atoms with Crippen LogP contribution in [-0.2, 0) is 11.2 Å². The van der Waals surface area contributed by atoms with Crippen molar-refractivity contribution in [1.29, 1.82) is 0 Å². The average Bonchev–Trinajstić information content (AvgIpc) is 2.93.